The number of benzene rings is 1. The second-order valence-corrected chi connectivity index (χ2v) is 6.45. The molecule has 1 atom stereocenters. The Hall–Kier alpha value is -2.96. The molecule has 2 rings (SSSR count). The maximum absolute atomic E-state index is 12.3. The highest BCUT2D eigenvalue weighted by Crippen LogP contribution is 2.24. The van der Waals surface area contributed by atoms with Gasteiger partial charge in [-0.25, -0.2) is 4.79 Å². The van der Waals surface area contributed by atoms with Crippen LogP contribution in [0.5, 0.6) is 0 Å². The minimum absolute atomic E-state index is 0.0410. The lowest BCUT2D eigenvalue weighted by Gasteiger charge is -2.17. The molecule has 0 spiro atoms. The van der Waals surface area contributed by atoms with Crippen LogP contribution in [0.1, 0.15) is 51.8 Å². The molecule has 0 radical (unpaired) electrons. The standard InChI is InChI=1S/C19H22N2O5/c1-5-8-21-17(23)14-7-6-13(9-15(14)18(21)24)19(25)26-10-16(22)20-12(4)11(2)3/h5-7,9,11-12H,1,8,10H2,2-4H3,(H,20,22). The van der Waals surface area contributed by atoms with Crippen LogP contribution in [0.25, 0.3) is 0 Å². The van der Waals surface area contributed by atoms with Crippen LogP contribution >= 0.6 is 0 Å². The fraction of sp³-hybridized carbons (Fsp3) is 0.368. The number of esters is 1. The van der Waals surface area contributed by atoms with E-state index in [1.807, 2.05) is 20.8 Å². The van der Waals surface area contributed by atoms with Crippen LogP contribution in [-0.4, -0.2) is 47.8 Å². The molecular weight excluding hydrogens is 336 g/mol. The number of nitrogens with zero attached hydrogens (tertiary/aromatic N) is 1. The number of nitrogens with one attached hydrogen (secondary N) is 1. The van der Waals surface area contributed by atoms with Crippen molar-refractivity contribution in [3.63, 3.8) is 0 Å². The molecule has 138 valence electrons. The van der Waals surface area contributed by atoms with Gasteiger partial charge in [-0.05, 0) is 31.0 Å². The van der Waals surface area contributed by atoms with Crippen LogP contribution in [0.3, 0.4) is 0 Å². The smallest absolute Gasteiger partial charge is 0.338 e. The van der Waals surface area contributed by atoms with Crippen LogP contribution in [0.2, 0.25) is 0 Å². The zero-order valence-electron chi connectivity index (χ0n) is 15.1. The molecule has 0 aromatic heterocycles. The van der Waals surface area contributed by atoms with Crippen molar-refractivity contribution in [2.24, 2.45) is 5.92 Å². The zero-order chi connectivity index (χ0) is 19.4. The monoisotopic (exact) mass is 358 g/mol. The van der Waals surface area contributed by atoms with E-state index < -0.39 is 30.3 Å². The van der Waals surface area contributed by atoms with Gasteiger partial charge in [0.15, 0.2) is 6.61 Å². The number of hydrogen-bond acceptors (Lipinski definition) is 5. The highest BCUT2D eigenvalue weighted by Gasteiger charge is 2.35. The van der Waals surface area contributed by atoms with Gasteiger partial charge in [0, 0.05) is 12.6 Å². The summed E-state index contributed by atoms with van der Waals surface area (Å²) in [7, 11) is 0. The van der Waals surface area contributed by atoms with Crippen molar-refractivity contribution in [3.05, 3.63) is 47.5 Å². The number of imide groups is 1. The highest BCUT2D eigenvalue weighted by molar-refractivity contribution is 6.22. The molecule has 1 aliphatic heterocycles. The van der Waals surface area contributed by atoms with E-state index in [4.69, 9.17) is 4.74 Å². The number of hydrogen-bond donors (Lipinski definition) is 1. The number of carbonyl (C=O) groups is 4. The summed E-state index contributed by atoms with van der Waals surface area (Å²) in [6.45, 7) is 9.00. The molecule has 3 amide bonds. The summed E-state index contributed by atoms with van der Waals surface area (Å²) in [6.07, 6.45) is 1.45. The van der Waals surface area contributed by atoms with Gasteiger partial charge in [0.2, 0.25) is 0 Å². The lowest BCUT2D eigenvalue weighted by atomic mass is 10.1. The van der Waals surface area contributed by atoms with E-state index in [0.29, 0.717) is 0 Å². The average molecular weight is 358 g/mol. The van der Waals surface area contributed by atoms with E-state index in [1.54, 1.807) is 0 Å². The summed E-state index contributed by atoms with van der Waals surface area (Å²) in [5, 5.41) is 2.73. The molecule has 7 heteroatoms. The Morgan fingerprint density at radius 1 is 1.19 bits per heavy atom. The largest absolute Gasteiger partial charge is 0.452 e. The Morgan fingerprint density at radius 3 is 2.46 bits per heavy atom. The Bertz CT molecular complexity index is 769. The van der Waals surface area contributed by atoms with E-state index in [1.165, 1.54) is 24.3 Å². The summed E-state index contributed by atoms with van der Waals surface area (Å²) >= 11 is 0. The van der Waals surface area contributed by atoms with E-state index in [0.717, 1.165) is 4.90 Å². The van der Waals surface area contributed by atoms with E-state index >= 15 is 0 Å². The maximum Gasteiger partial charge on any atom is 0.338 e. The van der Waals surface area contributed by atoms with Crippen LogP contribution in [0, 0.1) is 5.92 Å². The molecule has 0 bridgehead atoms. The third kappa shape index (κ3) is 3.99. The minimum atomic E-state index is -0.734. The van der Waals surface area contributed by atoms with Gasteiger partial charge in [0.1, 0.15) is 0 Å². The van der Waals surface area contributed by atoms with Crippen molar-refractivity contribution in [2.45, 2.75) is 26.8 Å². The molecule has 26 heavy (non-hydrogen) atoms. The van der Waals surface area contributed by atoms with E-state index in [-0.39, 0.29) is 35.2 Å². The van der Waals surface area contributed by atoms with Crippen LogP contribution < -0.4 is 5.32 Å². The molecule has 1 heterocycles. The molecule has 1 aliphatic rings. The first kappa shape index (κ1) is 19.4. The molecular formula is C19H22N2O5. The third-order valence-electron chi connectivity index (χ3n) is 4.24. The summed E-state index contributed by atoms with van der Waals surface area (Å²) in [5.41, 5.74) is 0.483. The van der Waals surface area contributed by atoms with Gasteiger partial charge in [-0.15, -0.1) is 6.58 Å². The summed E-state index contributed by atoms with van der Waals surface area (Å²) in [6, 6.07) is 4.09. The lowest BCUT2D eigenvalue weighted by Crippen LogP contribution is -2.38. The van der Waals surface area contributed by atoms with Gasteiger partial charge in [-0.1, -0.05) is 19.9 Å². The van der Waals surface area contributed by atoms with Gasteiger partial charge < -0.3 is 10.1 Å². The molecule has 1 N–H and O–H groups in total. The average Bonchev–Trinajstić information content (AvgIpc) is 2.84. The predicted molar refractivity (Wildman–Crippen MR) is 94.7 cm³/mol. The first-order valence-electron chi connectivity index (χ1n) is 8.33. The van der Waals surface area contributed by atoms with Gasteiger partial charge in [0.25, 0.3) is 17.7 Å². The van der Waals surface area contributed by atoms with Crippen molar-refractivity contribution in [3.8, 4) is 0 Å². The summed E-state index contributed by atoms with van der Waals surface area (Å²) in [4.78, 5) is 49.4. The van der Waals surface area contributed by atoms with Crippen LogP contribution in [0.4, 0.5) is 0 Å². The quantitative estimate of drug-likeness (QED) is 0.456. The maximum atomic E-state index is 12.3. The summed E-state index contributed by atoms with van der Waals surface area (Å²) < 4.78 is 4.99. The van der Waals surface area contributed by atoms with Gasteiger partial charge in [-0.3, -0.25) is 19.3 Å². The molecule has 1 unspecified atom stereocenters. The lowest BCUT2D eigenvalue weighted by molar-refractivity contribution is -0.125. The second-order valence-electron chi connectivity index (χ2n) is 6.45. The normalized spacial score (nSPS) is 14.2. The SMILES string of the molecule is C=CCN1C(=O)c2ccc(C(=O)OCC(=O)NC(C)C(C)C)cc2C1=O. The molecule has 1 aromatic rings. The number of ether oxygens (including phenoxy) is 1. The molecule has 0 saturated heterocycles. The van der Waals surface area contributed by atoms with E-state index in [2.05, 4.69) is 11.9 Å². The minimum Gasteiger partial charge on any atom is -0.452 e. The van der Waals surface area contributed by atoms with Crippen molar-refractivity contribution in [1.82, 2.24) is 10.2 Å². The topological polar surface area (TPSA) is 92.8 Å². The second kappa shape index (κ2) is 7.95. The van der Waals surface area contributed by atoms with Crippen LogP contribution in [-0.2, 0) is 9.53 Å². The third-order valence-corrected chi connectivity index (χ3v) is 4.24. The van der Waals surface area contributed by atoms with Gasteiger partial charge >= 0.3 is 5.97 Å². The fourth-order valence-corrected chi connectivity index (χ4v) is 2.39. The first-order valence-corrected chi connectivity index (χ1v) is 8.33. The number of carbonyl (C=O) groups excluding carboxylic acids is 4. The summed E-state index contributed by atoms with van der Waals surface area (Å²) in [5.74, 6) is -1.78. The van der Waals surface area contributed by atoms with Gasteiger partial charge in [-0.2, -0.15) is 0 Å². The number of amides is 3. The first-order chi connectivity index (χ1) is 12.3. The molecule has 0 fully saturated rings. The van der Waals surface area contributed by atoms with Crippen molar-refractivity contribution in [1.29, 1.82) is 0 Å². The fourth-order valence-electron chi connectivity index (χ4n) is 2.39. The zero-order valence-corrected chi connectivity index (χ0v) is 15.1. The Labute approximate surface area is 152 Å². The van der Waals surface area contributed by atoms with Gasteiger partial charge in [0.05, 0.1) is 16.7 Å². The predicted octanol–water partition coefficient (Wildman–Crippen LogP) is 1.79. The van der Waals surface area contributed by atoms with Crippen molar-refractivity contribution >= 4 is 23.7 Å². The van der Waals surface area contributed by atoms with Crippen molar-refractivity contribution < 1.29 is 23.9 Å². The van der Waals surface area contributed by atoms with Crippen molar-refractivity contribution in [2.75, 3.05) is 13.2 Å². The Kier molecular flexibility index (Phi) is 5.92. The molecule has 0 aliphatic carbocycles. The van der Waals surface area contributed by atoms with Crippen LogP contribution in [0.15, 0.2) is 30.9 Å². The Balaban J connectivity index is 2.04. The molecule has 0 saturated carbocycles. The Morgan fingerprint density at radius 2 is 1.85 bits per heavy atom. The number of rotatable bonds is 7. The number of fused-ring (bicyclic) bond motifs is 1. The molecule has 7 nitrogen and oxygen atoms in total. The highest BCUT2D eigenvalue weighted by atomic mass is 16.5. The van der Waals surface area contributed by atoms with E-state index in [9.17, 15) is 19.2 Å². The molecule has 1 aromatic carbocycles.